The second kappa shape index (κ2) is 5.63. The third kappa shape index (κ3) is 2.22. The molecule has 0 bridgehead atoms. The zero-order valence-corrected chi connectivity index (χ0v) is 13.4. The van der Waals surface area contributed by atoms with Crippen LogP contribution in [0.4, 0.5) is 11.4 Å². The lowest BCUT2D eigenvalue weighted by molar-refractivity contribution is -0.384. The fraction of sp³-hybridized carbons (Fsp3) is 0.278. The topological polar surface area (TPSA) is 62.0 Å². The van der Waals surface area contributed by atoms with Gasteiger partial charge in [-0.15, -0.1) is 0 Å². The summed E-state index contributed by atoms with van der Waals surface area (Å²) in [7, 11) is 0. The Bertz CT molecular complexity index is 819. The van der Waals surface area contributed by atoms with Gasteiger partial charge in [0.05, 0.1) is 16.7 Å². The molecule has 1 saturated heterocycles. The van der Waals surface area contributed by atoms with Gasteiger partial charge in [-0.2, -0.15) is 0 Å². The Kier molecular flexibility index (Phi) is 3.45. The van der Waals surface area contributed by atoms with Crippen LogP contribution in [0.25, 0.3) is 0 Å². The van der Waals surface area contributed by atoms with Gasteiger partial charge < -0.3 is 9.80 Å². The average molecular weight is 322 g/mol. The van der Waals surface area contributed by atoms with Crippen molar-refractivity contribution in [2.24, 2.45) is 4.99 Å². The van der Waals surface area contributed by atoms with Gasteiger partial charge in [0.2, 0.25) is 5.96 Å². The second-order valence-electron chi connectivity index (χ2n) is 6.00. The SMILES string of the molecule is CCN1CCN2C1=Nc1ccc([N+](=O)[O-])cc1C2c1ccccc1. The summed E-state index contributed by atoms with van der Waals surface area (Å²) >= 11 is 0. The Morgan fingerprint density at radius 2 is 2.00 bits per heavy atom. The van der Waals surface area contributed by atoms with E-state index in [1.165, 1.54) is 6.07 Å². The minimum atomic E-state index is -0.343. The summed E-state index contributed by atoms with van der Waals surface area (Å²) in [6, 6.07) is 15.1. The zero-order valence-electron chi connectivity index (χ0n) is 13.4. The Morgan fingerprint density at radius 1 is 1.21 bits per heavy atom. The van der Waals surface area contributed by atoms with Gasteiger partial charge in [-0.1, -0.05) is 30.3 Å². The molecule has 2 aromatic rings. The number of hydrogen-bond acceptors (Lipinski definition) is 5. The van der Waals surface area contributed by atoms with Crippen LogP contribution in [0.3, 0.4) is 0 Å². The molecule has 6 heteroatoms. The number of nitro benzene ring substituents is 1. The van der Waals surface area contributed by atoms with Crippen LogP contribution in [-0.2, 0) is 0 Å². The molecule has 0 aliphatic carbocycles. The predicted octanol–water partition coefficient (Wildman–Crippen LogP) is 3.32. The van der Waals surface area contributed by atoms with Crippen LogP contribution in [0, 0.1) is 10.1 Å². The van der Waals surface area contributed by atoms with E-state index in [-0.39, 0.29) is 16.7 Å². The monoisotopic (exact) mass is 322 g/mol. The van der Waals surface area contributed by atoms with Gasteiger partial charge in [-0.05, 0) is 18.6 Å². The van der Waals surface area contributed by atoms with Crippen molar-refractivity contribution >= 4 is 17.3 Å². The Hall–Kier alpha value is -2.89. The maximum absolute atomic E-state index is 11.2. The van der Waals surface area contributed by atoms with Crippen molar-refractivity contribution in [1.82, 2.24) is 9.80 Å². The average Bonchev–Trinajstić information content (AvgIpc) is 3.02. The van der Waals surface area contributed by atoms with Crippen LogP contribution in [0.5, 0.6) is 0 Å². The zero-order chi connectivity index (χ0) is 16.7. The molecule has 2 aromatic carbocycles. The number of rotatable bonds is 3. The van der Waals surface area contributed by atoms with E-state index in [1.54, 1.807) is 12.1 Å². The van der Waals surface area contributed by atoms with Gasteiger partial charge in [0.25, 0.3) is 5.69 Å². The molecular formula is C18H18N4O2. The van der Waals surface area contributed by atoms with Crippen molar-refractivity contribution < 1.29 is 4.92 Å². The summed E-state index contributed by atoms with van der Waals surface area (Å²) in [5, 5.41) is 11.2. The molecule has 0 aromatic heterocycles. The van der Waals surface area contributed by atoms with Crippen molar-refractivity contribution in [2.45, 2.75) is 13.0 Å². The van der Waals surface area contributed by atoms with Gasteiger partial charge in [0.1, 0.15) is 0 Å². The first-order valence-electron chi connectivity index (χ1n) is 8.12. The van der Waals surface area contributed by atoms with Gasteiger partial charge in [-0.25, -0.2) is 4.99 Å². The van der Waals surface area contributed by atoms with Crippen LogP contribution in [0.2, 0.25) is 0 Å². The molecule has 6 nitrogen and oxygen atoms in total. The summed E-state index contributed by atoms with van der Waals surface area (Å²) in [6.45, 7) is 4.82. The summed E-state index contributed by atoms with van der Waals surface area (Å²) in [5.74, 6) is 0.965. The Balaban J connectivity index is 1.90. The van der Waals surface area contributed by atoms with E-state index in [4.69, 9.17) is 4.99 Å². The molecule has 0 amide bonds. The maximum Gasteiger partial charge on any atom is 0.269 e. The number of nitrogens with zero attached hydrogens (tertiary/aromatic N) is 4. The van der Waals surface area contributed by atoms with Crippen LogP contribution in [0.1, 0.15) is 24.1 Å². The lowest BCUT2D eigenvalue weighted by Gasteiger charge is -2.35. The normalized spacial score (nSPS) is 18.9. The first-order valence-corrected chi connectivity index (χ1v) is 8.12. The summed E-state index contributed by atoms with van der Waals surface area (Å²) < 4.78 is 0. The maximum atomic E-state index is 11.2. The molecule has 4 rings (SSSR count). The summed E-state index contributed by atoms with van der Waals surface area (Å²) in [4.78, 5) is 20.1. The largest absolute Gasteiger partial charge is 0.341 e. The fourth-order valence-electron chi connectivity index (χ4n) is 3.54. The quantitative estimate of drug-likeness (QED) is 0.642. The lowest BCUT2D eigenvalue weighted by atomic mass is 9.94. The van der Waals surface area contributed by atoms with Crippen LogP contribution in [0.15, 0.2) is 53.5 Å². The molecule has 0 saturated carbocycles. The minimum absolute atomic E-state index is 0.0369. The molecular weight excluding hydrogens is 304 g/mol. The molecule has 2 aliphatic rings. The van der Waals surface area contributed by atoms with Crippen molar-refractivity contribution in [2.75, 3.05) is 19.6 Å². The molecule has 1 fully saturated rings. The molecule has 1 unspecified atom stereocenters. The number of benzene rings is 2. The number of aliphatic imine (C=N–C) groups is 1. The Morgan fingerprint density at radius 3 is 2.71 bits per heavy atom. The molecule has 2 heterocycles. The molecule has 0 radical (unpaired) electrons. The predicted molar refractivity (Wildman–Crippen MR) is 92.4 cm³/mol. The van der Waals surface area contributed by atoms with Crippen molar-refractivity contribution in [3.63, 3.8) is 0 Å². The number of likely N-dealkylation sites (N-methyl/N-ethyl adjacent to an activating group) is 1. The minimum Gasteiger partial charge on any atom is -0.341 e. The highest BCUT2D eigenvalue weighted by molar-refractivity contribution is 5.88. The van der Waals surface area contributed by atoms with Crippen LogP contribution >= 0.6 is 0 Å². The number of nitro groups is 1. The van der Waals surface area contributed by atoms with Crippen LogP contribution in [-0.4, -0.2) is 40.3 Å². The van der Waals surface area contributed by atoms with E-state index in [9.17, 15) is 10.1 Å². The smallest absolute Gasteiger partial charge is 0.269 e. The highest BCUT2D eigenvalue weighted by Gasteiger charge is 2.38. The van der Waals surface area contributed by atoms with E-state index in [0.717, 1.165) is 42.4 Å². The highest BCUT2D eigenvalue weighted by atomic mass is 16.6. The Labute approximate surface area is 140 Å². The van der Waals surface area contributed by atoms with Gasteiger partial charge in [-0.3, -0.25) is 10.1 Å². The summed E-state index contributed by atoms with van der Waals surface area (Å²) in [6.07, 6.45) is 0. The van der Waals surface area contributed by atoms with Crippen molar-refractivity contribution in [1.29, 1.82) is 0 Å². The van der Waals surface area contributed by atoms with Crippen LogP contribution < -0.4 is 0 Å². The highest BCUT2D eigenvalue weighted by Crippen LogP contribution is 2.42. The fourth-order valence-corrected chi connectivity index (χ4v) is 3.54. The molecule has 0 N–H and O–H groups in total. The van der Waals surface area contributed by atoms with E-state index in [0.29, 0.717) is 0 Å². The number of guanidine groups is 1. The van der Waals surface area contributed by atoms with E-state index in [2.05, 4.69) is 28.9 Å². The van der Waals surface area contributed by atoms with Gasteiger partial charge in [0, 0.05) is 37.3 Å². The van der Waals surface area contributed by atoms with Crippen molar-refractivity contribution in [3.8, 4) is 0 Å². The number of hydrogen-bond donors (Lipinski definition) is 0. The van der Waals surface area contributed by atoms with E-state index >= 15 is 0 Å². The van der Waals surface area contributed by atoms with Gasteiger partial charge in [0.15, 0.2) is 0 Å². The molecule has 24 heavy (non-hydrogen) atoms. The van der Waals surface area contributed by atoms with E-state index in [1.807, 2.05) is 18.2 Å². The first kappa shape index (κ1) is 14.7. The third-order valence-electron chi connectivity index (χ3n) is 4.70. The molecule has 1 atom stereocenters. The molecule has 122 valence electrons. The van der Waals surface area contributed by atoms with Crippen molar-refractivity contribution in [3.05, 3.63) is 69.8 Å². The third-order valence-corrected chi connectivity index (χ3v) is 4.70. The van der Waals surface area contributed by atoms with E-state index < -0.39 is 0 Å². The molecule has 0 spiro atoms. The second-order valence-corrected chi connectivity index (χ2v) is 6.00. The first-order chi connectivity index (χ1) is 11.7. The standard InChI is InChI=1S/C18H18N4O2/c1-2-20-10-11-21-17(13-6-4-3-5-7-13)15-12-14(22(23)24)8-9-16(15)19-18(20)21/h3-9,12,17H,2,10-11H2,1H3. The molecule has 2 aliphatic heterocycles. The summed E-state index contributed by atoms with van der Waals surface area (Å²) in [5.41, 5.74) is 2.96. The number of non-ortho nitro benzene ring substituents is 1. The van der Waals surface area contributed by atoms with Gasteiger partial charge >= 0.3 is 0 Å². The number of fused-ring (bicyclic) bond motifs is 2. The lowest BCUT2D eigenvalue weighted by Crippen LogP contribution is -2.38.